The molecule has 2 aliphatic rings. The number of rotatable bonds is 7. The summed E-state index contributed by atoms with van der Waals surface area (Å²) in [6.07, 6.45) is 2.99. The zero-order valence-electron chi connectivity index (χ0n) is 16.6. The molecule has 0 unspecified atom stereocenters. The molecule has 0 aromatic heterocycles. The monoisotopic (exact) mass is 440 g/mol. The van der Waals surface area contributed by atoms with Gasteiger partial charge in [-0.15, -0.1) is 0 Å². The topological polar surface area (TPSA) is 78.9 Å². The number of ketones is 1. The van der Waals surface area contributed by atoms with Crippen molar-refractivity contribution in [3.05, 3.63) is 77.3 Å². The van der Waals surface area contributed by atoms with Gasteiger partial charge >= 0.3 is 11.9 Å². The van der Waals surface area contributed by atoms with Gasteiger partial charge in [-0.2, -0.15) is 0 Å². The highest BCUT2D eigenvalue weighted by Crippen LogP contribution is 2.43. The molecule has 0 N–H and O–H groups in total. The smallest absolute Gasteiger partial charge is 0.338 e. The molecule has 0 bridgehead atoms. The predicted octanol–water partition coefficient (Wildman–Crippen LogP) is 4.02. The molecule has 0 radical (unpaired) electrons. The van der Waals surface area contributed by atoms with Crippen LogP contribution >= 0.6 is 11.6 Å². The van der Waals surface area contributed by atoms with Gasteiger partial charge in [-0.05, 0) is 36.4 Å². The van der Waals surface area contributed by atoms with Gasteiger partial charge < -0.3 is 14.2 Å². The molecule has 4 rings (SSSR count). The molecule has 2 aromatic carbocycles. The lowest BCUT2D eigenvalue weighted by Gasteiger charge is -2.20. The maximum Gasteiger partial charge on any atom is 0.338 e. The molecule has 4 atom stereocenters. The van der Waals surface area contributed by atoms with Crippen LogP contribution in [-0.4, -0.2) is 36.5 Å². The highest BCUT2D eigenvalue weighted by atomic mass is 35.5. The van der Waals surface area contributed by atoms with Crippen LogP contribution in [0, 0.1) is 11.8 Å². The summed E-state index contributed by atoms with van der Waals surface area (Å²) in [5.74, 6) is -0.873. The molecule has 7 heteroatoms. The van der Waals surface area contributed by atoms with Crippen molar-refractivity contribution >= 4 is 29.3 Å². The van der Waals surface area contributed by atoms with Gasteiger partial charge in [0, 0.05) is 23.3 Å². The van der Waals surface area contributed by atoms with Crippen molar-refractivity contribution < 1.29 is 28.6 Å². The minimum absolute atomic E-state index is 0.126. The van der Waals surface area contributed by atoms with E-state index in [4.69, 9.17) is 25.8 Å². The lowest BCUT2D eigenvalue weighted by molar-refractivity contribution is -0.141. The van der Waals surface area contributed by atoms with E-state index in [0.29, 0.717) is 22.8 Å². The van der Waals surface area contributed by atoms with Crippen molar-refractivity contribution in [3.63, 3.8) is 0 Å². The lowest BCUT2D eigenvalue weighted by Crippen LogP contribution is -2.25. The third-order valence-electron chi connectivity index (χ3n) is 5.50. The summed E-state index contributed by atoms with van der Waals surface area (Å²) in [4.78, 5) is 36.5. The quantitative estimate of drug-likeness (QED) is 0.478. The fourth-order valence-corrected chi connectivity index (χ4v) is 4.23. The minimum atomic E-state index is -0.478. The van der Waals surface area contributed by atoms with Gasteiger partial charge in [0.15, 0.2) is 12.4 Å². The molecule has 1 aliphatic carbocycles. The van der Waals surface area contributed by atoms with Crippen LogP contribution in [0.15, 0.2) is 66.7 Å². The van der Waals surface area contributed by atoms with Crippen LogP contribution in [0.3, 0.4) is 0 Å². The van der Waals surface area contributed by atoms with E-state index in [-0.39, 0.29) is 42.7 Å². The number of carbonyl (C=O) groups is 3. The minimum Gasteiger partial charge on any atom is -0.485 e. The Hall–Kier alpha value is -3.12. The fraction of sp³-hybridized carbons (Fsp3) is 0.292. The normalized spacial score (nSPS) is 24.6. The molecule has 0 amide bonds. The SMILES string of the molecule is O=C(C=C[C@@H]1[C@H]2CC(=O)O[C@H]2C[C@H]1OC(=O)c1ccccc1)COc1cccc(Cl)c1. The van der Waals surface area contributed by atoms with Crippen molar-refractivity contribution in [2.75, 3.05) is 6.61 Å². The number of hydrogen-bond donors (Lipinski definition) is 0. The van der Waals surface area contributed by atoms with Crippen molar-refractivity contribution in [2.45, 2.75) is 25.0 Å². The van der Waals surface area contributed by atoms with Crippen LogP contribution in [-0.2, 0) is 19.1 Å². The molecule has 2 fully saturated rings. The number of ether oxygens (including phenoxy) is 3. The van der Waals surface area contributed by atoms with E-state index in [9.17, 15) is 14.4 Å². The van der Waals surface area contributed by atoms with Crippen molar-refractivity contribution in [1.29, 1.82) is 0 Å². The second kappa shape index (κ2) is 9.35. The highest BCUT2D eigenvalue weighted by Gasteiger charge is 2.50. The lowest BCUT2D eigenvalue weighted by atomic mass is 9.91. The van der Waals surface area contributed by atoms with E-state index in [0.717, 1.165) is 0 Å². The largest absolute Gasteiger partial charge is 0.485 e. The van der Waals surface area contributed by atoms with Gasteiger partial charge in [0.1, 0.15) is 18.0 Å². The van der Waals surface area contributed by atoms with Crippen LogP contribution in [0.5, 0.6) is 5.75 Å². The number of halogens is 1. The zero-order valence-corrected chi connectivity index (χ0v) is 17.4. The Bertz CT molecular complexity index is 1000. The summed E-state index contributed by atoms with van der Waals surface area (Å²) in [7, 11) is 0. The molecule has 31 heavy (non-hydrogen) atoms. The first kappa shape index (κ1) is 21.1. The molecule has 1 aliphatic heterocycles. The molecular formula is C24H21ClO6. The summed E-state index contributed by atoms with van der Waals surface area (Å²) in [5, 5.41) is 0.520. The molecule has 0 spiro atoms. The molecule has 1 saturated heterocycles. The second-order valence-corrected chi connectivity index (χ2v) is 8.03. The Morgan fingerprint density at radius 3 is 2.71 bits per heavy atom. The van der Waals surface area contributed by atoms with E-state index in [1.165, 1.54) is 6.08 Å². The van der Waals surface area contributed by atoms with Crippen LogP contribution in [0.2, 0.25) is 5.02 Å². The highest BCUT2D eigenvalue weighted by molar-refractivity contribution is 6.30. The third-order valence-corrected chi connectivity index (χ3v) is 5.74. The van der Waals surface area contributed by atoms with E-state index in [1.54, 1.807) is 54.6 Å². The summed E-state index contributed by atoms with van der Waals surface area (Å²) >= 11 is 5.91. The van der Waals surface area contributed by atoms with Crippen LogP contribution in [0.4, 0.5) is 0 Å². The summed E-state index contributed by atoms with van der Waals surface area (Å²) in [5.41, 5.74) is 0.449. The molecular weight excluding hydrogens is 420 g/mol. The van der Waals surface area contributed by atoms with E-state index in [1.807, 2.05) is 6.07 Å². The maximum atomic E-state index is 12.5. The Morgan fingerprint density at radius 2 is 1.94 bits per heavy atom. The van der Waals surface area contributed by atoms with Gasteiger partial charge in [-0.25, -0.2) is 4.79 Å². The second-order valence-electron chi connectivity index (χ2n) is 7.59. The number of benzene rings is 2. The average molecular weight is 441 g/mol. The van der Waals surface area contributed by atoms with Gasteiger partial charge in [0.25, 0.3) is 0 Å². The number of carbonyl (C=O) groups excluding carboxylic acids is 3. The zero-order chi connectivity index (χ0) is 21.8. The standard InChI is InChI=1S/C24H21ClO6/c25-16-7-4-8-18(11-16)29-14-17(26)9-10-19-20-12-23(27)30-22(20)13-21(19)31-24(28)15-5-2-1-3-6-15/h1-11,19-22H,12-14H2/t19-,20-,21-,22+/m1/s1. The van der Waals surface area contributed by atoms with Crippen LogP contribution in [0.1, 0.15) is 23.2 Å². The Morgan fingerprint density at radius 1 is 1.13 bits per heavy atom. The first-order chi connectivity index (χ1) is 15.0. The van der Waals surface area contributed by atoms with E-state index >= 15 is 0 Å². The average Bonchev–Trinajstić information content (AvgIpc) is 3.27. The van der Waals surface area contributed by atoms with E-state index < -0.39 is 12.1 Å². The van der Waals surface area contributed by atoms with Gasteiger partial charge in [0.2, 0.25) is 0 Å². The summed E-state index contributed by atoms with van der Waals surface area (Å²) in [6.45, 7) is -0.151. The Balaban J connectivity index is 1.41. The molecule has 1 heterocycles. The van der Waals surface area contributed by atoms with Gasteiger partial charge in [-0.1, -0.05) is 41.9 Å². The van der Waals surface area contributed by atoms with Crippen molar-refractivity contribution in [1.82, 2.24) is 0 Å². The fourth-order valence-electron chi connectivity index (χ4n) is 4.05. The number of hydrogen-bond acceptors (Lipinski definition) is 6. The summed E-state index contributed by atoms with van der Waals surface area (Å²) in [6, 6.07) is 15.5. The molecule has 1 saturated carbocycles. The Kier molecular flexibility index (Phi) is 6.37. The van der Waals surface area contributed by atoms with Crippen LogP contribution in [0.25, 0.3) is 0 Å². The van der Waals surface area contributed by atoms with Gasteiger partial charge in [-0.3, -0.25) is 9.59 Å². The Labute approximate surface area is 184 Å². The molecule has 160 valence electrons. The van der Waals surface area contributed by atoms with E-state index in [2.05, 4.69) is 0 Å². The first-order valence-electron chi connectivity index (χ1n) is 10.0. The van der Waals surface area contributed by atoms with Crippen LogP contribution < -0.4 is 4.74 Å². The predicted molar refractivity (Wildman–Crippen MR) is 113 cm³/mol. The van der Waals surface area contributed by atoms with Crippen molar-refractivity contribution in [3.8, 4) is 5.75 Å². The molecule has 6 nitrogen and oxygen atoms in total. The third kappa shape index (κ3) is 5.14. The molecule has 2 aromatic rings. The number of esters is 2. The number of fused-ring (bicyclic) bond motifs is 1. The maximum absolute atomic E-state index is 12.5. The first-order valence-corrected chi connectivity index (χ1v) is 10.4. The van der Waals surface area contributed by atoms with Crippen molar-refractivity contribution in [2.24, 2.45) is 11.8 Å². The summed E-state index contributed by atoms with van der Waals surface area (Å²) < 4.78 is 16.6. The van der Waals surface area contributed by atoms with Gasteiger partial charge in [0.05, 0.1) is 12.0 Å².